The van der Waals surface area contributed by atoms with Crippen LogP contribution in [-0.4, -0.2) is 11.4 Å². The van der Waals surface area contributed by atoms with Crippen LogP contribution in [0.2, 0.25) is 0 Å². The van der Waals surface area contributed by atoms with Gasteiger partial charge in [0.2, 0.25) is 0 Å². The number of hydrogen-bond donors (Lipinski definition) is 0. The first-order valence-corrected chi connectivity index (χ1v) is 15.9. The zero-order valence-corrected chi connectivity index (χ0v) is 24.8. The van der Waals surface area contributed by atoms with E-state index in [0.29, 0.717) is 0 Å². The quantitative estimate of drug-likeness (QED) is 0.179. The van der Waals surface area contributed by atoms with Gasteiger partial charge in [-0.1, -0.05) is 109 Å². The third-order valence-electron chi connectivity index (χ3n) is 10.2. The van der Waals surface area contributed by atoms with Crippen LogP contribution in [0.25, 0.3) is 71.7 Å². The molecular formula is C42H25BN2O. The Morgan fingerprint density at radius 3 is 1.87 bits per heavy atom. The van der Waals surface area contributed by atoms with E-state index in [4.69, 9.17) is 4.42 Å². The molecule has 4 heterocycles. The number of anilines is 2. The Morgan fingerprint density at radius 2 is 1.04 bits per heavy atom. The van der Waals surface area contributed by atoms with Gasteiger partial charge in [-0.15, -0.1) is 0 Å². The van der Waals surface area contributed by atoms with Gasteiger partial charge < -0.3 is 13.8 Å². The van der Waals surface area contributed by atoms with Crippen LogP contribution in [0.1, 0.15) is 0 Å². The van der Waals surface area contributed by atoms with Crippen LogP contribution in [0.4, 0.5) is 11.4 Å². The lowest BCUT2D eigenvalue weighted by molar-refractivity contribution is 0.673. The number of benzene rings is 7. The summed E-state index contributed by atoms with van der Waals surface area (Å²) >= 11 is 0. The summed E-state index contributed by atoms with van der Waals surface area (Å²) in [6.07, 6.45) is 0. The summed E-state index contributed by atoms with van der Waals surface area (Å²) in [6.45, 7) is -0.0317. The Labute approximate surface area is 265 Å². The summed E-state index contributed by atoms with van der Waals surface area (Å²) < 4.78 is 9.65. The van der Waals surface area contributed by atoms with Gasteiger partial charge in [0.15, 0.2) is 5.58 Å². The maximum atomic E-state index is 7.28. The maximum absolute atomic E-state index is 7.28. The fourth-order valence-corrected chi connectivity index (χ4v) is 8.35. The van der Waals surface area contributed by atoms with Crippen LogP contribution in [0.5, 0.6) is 0 Å². The van der Waals surface area contributed by atoms with Gasteiger partial charge in [-0.25, -0.2) is 0 Å². The van der Waals surface area contributed by atoms with Gasteiger partial charge in [0, 0.05) is 55.2 Å². The van der Waals surface area contributed by atoms with Crippen molar-refractivity contribution < 1.29 is 4.42 Å². The van der Waals surface area contributed by atoms with E-state index in [2.05, 4.69) is 161 Å². The second-order valence-corrected chi connectivity index (χ2v) is 12.4. The lowest BCUT2D eigenvalue weighted by Gasteiger charge is -2.43. The zero-order valence-electron chi connectivity index (χ0n) is 24.8. The first-order valence-electron chi connectivity index (χ1n) is 15.9. The highest BCUT2D eigenvalue weighted by atomic mass is 16.3. The topological polar surface area (TPSA) is 21.3 Å². The van der Waals surface area contributed by atoms with Crippen molar-refractivity contribution in [3.8, 4) is 27.9 Å². The molecule has 0 amide bonds. The highest BCUT2D eigenvalue weighted by molar-refractivity contribution is 6.94. The van der Waals surface area contributed by atoms with Gasteiger partial charge >= 0.3 is 6.85 Å². The lowest BCUT2D eigenvalue weighted by atomic mass is 9.43. The molecule has 2 aliphatic rings. The van der Waals surface area contributed by atoms with Crippen molar-refractivity contribution in [3.05, 3.63) is 152 Å². The Morgan fingerprint density at radius 1 is 0.435 bits per heavy atom. The molecular weight excluding hydrogens is 559 g/mol. The van der Waals surface area contributed by atoms with Crippen LogP contribution in [0, 0.1) is 0 Å². The molecule has 0 aliphatic carbocycles. The molecule has 9 aromatic rings. The highest BCUT2D eigenvalue weighted by Gasteiger charge is 2.44. The van der Waals surface area contributed by atoms with Gasteiger partial charge in [0.05, 0.1) is 11.0 Å². The van der Waals surface area contributed by atoms with Gasteiger partial charge in [-0.3, -0.25) is 0 Å². The number of hydrogen-bond acceptors (Lipinski definition) is 2. The second kappa shape index (κ2) is 8.80. The van der Waals surface area contributed by atoms with Crippen LogP contribution in [-0.2, 0) is 0 Å². The van der Waals surface area contributed by atoms with Crippen molar-refractivity contribution in [3.63, 3.8) is 0 Å². The molecule has 7 aromatic carbocycles. The molecule has 2 aromatic heterocycles. The number of fused-ring (bicyclic) bond motifs is 19. The van der Waals surface area contributed by atoms with Gasteiger partial charge in [0.1, 0.15) is 5.58 Å². The molecule has 0 saturated carbocycles. The molecule has 212 valence electrons. The predicted octanol–water partition coefficient (Wildman–Crippen LogP) is 9.59. The zero-order chi connectivity index (χ0) is 29.9. The Hall–Kier alpha value is -6.00. The number of rotatable bonds is 1. The first-order chi connectivity index (χ1) is 22.9. The lowest BCUT2D eigenvalue weighted by Crippen LogP contribution is -2.59. The molecule has 11 rings (SSSR count). The summed E-state index contributed by atoms with van der Waals surface area (Å²) in [6, 6.07) is 55.0. The molecule has 0 fully saturated rings. The molecule has 0 spiro atoms. The summed E-state index contributed by atoms with van der Waals surface area (Å²) in [4.78, 5) is 2.54. The van der Waals surface area contributed by atoms with Crippen molar-refractivity contribution in [1.29, 1.82) is 0 Å². The SMILES string of the molecule is c1ccc(-n2c3ccccc3c3ccc4c5ccc6c(c5oc4c32)B2c3ccccc3-c3ccccc3N2c2ccccc2-6)cc1. The van der Waals surface area contributed by atoms with Crippen LogP contribution < -0.4 is 15.7 Å². The normalized spacial score (nSPS) is 13.1. The minimum Gasteiger partial charge on any atom is -0.454 e. The fraction of sp³-hybridized carbons (Fsp3) is 0. The van der Waals surface area contributed by atoms with E-state index in [1.807, 2.05) is 0 Å². The molecule has 0 N–H and O–H groups in total. The fourth-order valence-electron chi connectivity index (χ4n) is 8.35. The van der Waals surface area contributed by atoms with Crippen LogP contribution >= 0.6 is 0 Å². The summed E-state index contributed by atoms with van der Waals surface area (Å²) in [5.74, 6) is 0. The van der Waals surface area contributed by atoms with Gasteiger partial charge in [-0.2, -0.15) is 0 Å². The first kappa shape index (κ1) is 24.3. The van der Waals surface area contributed by atoms with Gasteiger partial charge in [0.25, 0.3) is 0 Å². The minimum atomic E-state index is -0.0317. The van der Waals surface area contributed by atoms with Crippen molar-refractivity contribution in [1.82, 2.24) is 4.57 Å². The molecule has 2 aliphatic heterocycles. The van der Waals surface area contributed by atoms with Crippen LogP contribution in [0.3, 0.4) is 0 Å². The van der Waals surface area contributed by atoms with E-state index in [0.717, 1.165) is 33.1 Å². The Kier molecular flexibility index (Phi) is 4.66. The summed E-state index contributed by atoms with van der Waals surface area (Å²) in [5, 5.41) is 4.71. The number of furan rings is 1. The smallest absolute Gasteiger partial charge is 0.333 e. The monoisotopic (exact) mass is 584 g/mol. The van der Waals surface area contributed by atoms with Crippen molar-refractivity contribution in [2.45, 2.75) is 0 Å². The van der Waals surface area contributed by atoms with Crippen molar-refractivity contribution in [2.75, 3.05) is 4.81 Å². The molecule has 3 nitrogen and oxygen atoms in total. The third kappa shape index (κ3) is 2.99. The summed E-state index contributed by atoms with van der Waals surface area (Å²) in [7, 11) is 0. The molecule has 46 heavy (non-hydrogen) atoms. The number of para-hydroxylation sites is 4. The van der Waals surface area contributed by atoms with Crippen molar-refractivity contribution in [2.24, 2.45) is 0 Å². The van der Waals surface area contributed by atoms with Gasteiger partial charge in [-0.05, 0) is 59.1 Å². The second-order valence-electron chi connectivity index (χ2n) is 12.4. The average Bonchev–Trinajstić information content (AvgIpc) is 3.68. The predicted molar refractivity (Wildman–Crippen MR) is 193 cm³/mol. The maximum Gasteiger partial charge on any atom is 0.333 e. The van der Waals surface area contributed by atoms with E-state index in [1.165, 1.54) is 60.8 Å². The standard InChI is InChI=1S/C42H25BN2O/c1-2-12-26(13-3-1)44-36-19-9-5-17-30(36)32-23-25-34-33-24-22-31-29-16-7-11-21-38(29)45-37-20-10-6-15-28(37)27-14-4-8-18-35(27)43(45)39(31)41(33)46-42(34)40(32)44/h1-25H. The number of nitrogens with zero attached hydrogens (tertiary/aromatic N) is 2. The molecule has 0 saturated heterocycles. The number of aromatic nitrogens is 1. The third-order valence-corrected chi connectivity index (χ3v) is 10.2. The molecule has 0 bridgehead atoms. The molecule has 0 unspecified atom stereocenters. The molecule has 4 heteroatoms. The van der Waals surface area contributed by atoms with E-state index >= 15 is 0 Å². The minimum absolute atomic E-state index is 0.0317. The summed E-state index contributed by atoms with van der Waals surface area (Å²) in [5.41, 5.74) is 15.3. The Bertz CT molecular complexity index is 2720. The van der Waals surface area contributed by atoms with E-state index < -0.39 is 0 Å². The van der Waals surface area contributed by atoms with E-state index in [9.17, 15) is 0 Å². The van der Waals surface area contributed by atoms with E-state index in [1.54, 1.807) is 0 Å². The van der Waals surface area contributed by atoms with Crippen molar-refractivity contribution >= 4 is 72.9 Å². The Balaban J connectivity index is 1.31. The molecule has 0 radical (unpaired) electrons. The largest absolute Gasteiger partial charge is 0.454 e. The average molecular weight is 584 g/mol. The highest BCUT2D eigenvalue weighted by Crippen LogP contribution is 2.48. The van der Waals surface area contributed by atoms with Crippen LogP contribution in [0.15, 0.2) is 156 Å². The van der Waals surface area contributed by atoms with E-state index in [-0.39, 0.29) is 6.85 Å². The molecule has 0 atom stereocenters.